The van der Waals surface area contributed by atoms with Gasteiger partial charge in [0.05, 0.1) is 12.7 Å². The lowest BCUT2D eigenvalue weighted by molar-refractivity contribution is 0.103. The van der Waals surface area contributed by atoms with Crippen LogP contribution < -0.4 is 4.74 Å². The summed E-state index contributed by atoms with van der Waals surface area (Å²) in [5.74, 6) is 1.06. The van der Waals surface area contributed by atoms with Gasteiger partial charge in [-0.1, -0.05) is 42.3 Å². The van der Waals surface area contributed by atoms with Crippen molar-refractivity contribution in [1.29, 1.82) is 0 Å². The lowest BCUT2D eigenvalue weighted by atomic mass is 9.77. The quantitative estimate of drug-likeness (QED) is 0.755. The van der Waals surface area contributed by atoms with Crippen LogP contribution in [0.4, 0.5) is 0 Å². The van der Waals surface area contributed by atoms with E-state index in [-0.39, 0.29) is 5.78 Å². The summed E-state index contributed by atoms with van der Waals surface area (Å²) in [7, 11) is 1.57. The molecule has 0 amide bonds. The molecular formula is C18H17ClO2. The van der Waals surface area contributed by atoms with E-state index in [1.165, 1.54) is 6.42 Å². The second-order valence-corrected chi connectivity index (χ2v) is 5.83. The molecule has 2 aromatic rings. The molecule has 0 radical (unpaired) electrons. The summed E-state index contributed by atoms with van der Waals surface area (Å²) in [4.78, 5) is 12.9. The van der Waals surface area contributed by atoms with E-state index in [2.05, 4.69) is 6.07 Å². The first-order valence-corrected chi connectivity index (χ1v) is 7.55. The number of carbonyl (C=O) groups excluding carboxylic acids is 1. The molecule has 1 fully saturated rings. The van der Waals surface area contributed by atoms with E-state index in [0.717, 1.165) is 24.0 Å². The molecule has 0 saturated heterocycles. The van der Waals surface area contributed by atoms with Crippen molar-refractivity contribution in [2.75, 3.05) is 7.11 Å². The fourth-order valence-corrected chi connectivity index (χ4v) is 2.95. The Morgan fingerprint density at radius 2 is 1.90 bits per heavy atom. The molecule has 3 heteroatoms. The fraction of sp³-hybridized carbons (Fsp3) is 0.278. The summed E-state index contributed by atoms with van der Waals surface area (Å²) >= 11 is 6.04. The number of rotatable bonds is 4. The second-order valence-electron chi connectivity index (χ2n) is 5.39. The number of methoxy groups -OCH3 is 1. The predicted molar refractivity (Wildman–Crippen MR) is 84.5 cm³/mol. The lowest BCUT2D eigenvalue weighted by Gasteiger charge is -2.27. The van der Waals surface area contributed by atoms with Crippen molar-refractivity contribution in [2.45, 2.75) is 25.2 Å². The summed E-state index contributed by atoms with van der Waals surface area (Å²) in [5, 5.41) is 0.542. The van der Waals surface area contributed by atoms with Gasteiger partial charge in [0.25, 0.3) is 0 Å². The van der Waals surface area contributed by atoms with Crippen LogP contribution in [0.1, 0.15) is 46.7 Å². The van der Waals surface area contributed by atoms with Crippen LogP contribution >= 0.6 is 11.6 Å². The topological polar surface area (TPSA) is 26.3 Å². The zero-order valence-electron chi connectivity index (χ0n) is 11.9. The Morgan fingerprint density at radius 3 is 2.57 bits per heavy atom. The number of carbonyl (C=O) groups is 1. The molecule has 3 rings (SSSR count). The standard InChI is InChI=1S/C18H17ClO2/c1-21-17-10-9-13(19)11-16(17)18(20)15-8-3-2-7-14(15)12-5-4-6-12/h2-3,7-12H,4-6H2,1H3. The van der Waals surface area contributed by atoms with Gasteiger partial charge < -0.3 is 4.74 Å². The summed E-state index contributed by atoms with van der Waals surface area (Å²) in [6.45, 7) is 0. The SMILES string of the molecule is COc1ccc(Cl)cc1C(=O)c1ccccc1C1CCC1. The first kappa shape index (κ1) is 14.2. The summed E-state index contributed by atoms with van der Waals surface area (Å²) in [6.07, 6.45) is 3.57. The Balaban J connectivity index is 2.05. The van der Waals surface area contributed by atoms with Crippen LogP contribution in [-0.2, 0) is 0 Å². The first-order chi connectivity index (χ1) is 10.2. The molecular weight excluding hydrogens is 284 g/mol. The maximum atomic E-state index is 12.9. The lowest BCUT2D eigenvalue weighted by Crippen LogP contribution is -2.14. The van der Waals surface area contributed by atoms with E-state index in [9.17, 15) is 4.79 Å². The predicted octanol–water partition coefficient (Wildman–Crippen LogP) is 4.85. The van der Waals surface area contributed by atoms with E-state index >= 15 is 0 Å². The Kier molecular flexibility index (Phi) is 3.98. The minimum atomic E-state index is -0.0168. The van der Waals surface area contributed by atoms with Crippen LogP contribution in [-0.4, -0.2) is 12.9 Å². The van der Waals surface area contributed by atoms with Gasteiger partial charge in [-0.3, -0.25) is 4.79 Å². The van der Waals surface area contributed by atoms with Gasteiger partial charge >= 0.3 is 0 Å². The highest BCUT2D eigenvalue weighted by Gasteiger charge is 2.25. The monoisotopic (exact) mass is 300 g/mol. The van der Waals surface area contributed by atoms with Crippen molar-refractivity contribution in [3.63, 3.8) is 0 Å². The summed E-state index contributed by atoms with van der Waals surface area (Å²) < 4.78 is 5.30. The minimum Gasteiger partial charge on any atom is -0.496 e. The highest BCUT2D eigenvalue weighted by molar-refractivity contribution is 6.31. The highest BCUT2D eigenvalue weighted by atomic mass is 35.5. The van der Waals surface area contributed by atoms with Crippen LogP contribution in [0, 0.1) is 0 Å². The maximum Gasteiger partial charge on any atom is 0.197 e. The average Bonchev–Trinajstić information content (AvgIpc) is 2.45. The van der Waals surface area contributed by atoms with Crippen molar-refractivity contribution >= 4 is 17.4 Å². The van der Waals surface area contributed by atoms with Crippen LogP contribution in [0.25, 0.3) is 0 Å². The number of halogens is 1. The van der Waals surface area contributed by atoms with Gasteiger partial charge in [0.2, 0.25) is 0 Å². The largest absolute Gasteiger partial charge is 0.496 e. The second kappa shape index (κ2) is 5.90. The van der Waals surface area contributed by atoms with E-state index in [1.54, 1.807) is 25.3 Å². The van der Waals surface area contributed by atoms with Crippen molar-refractivity contribution in [3.05, 3.63) is 64.2 Å². The molecule has 0 spiro atoms. The van der Waals surface area contributed by atoms with Gasteiger partial charge in [-0.2, -0.15) is 0 Å². The van der Waals surface area contributed by atoms with Gasteiger partial charge in [0.1, 0.15) is 5.75 Å². The van der Waals surface area contributed by atoms with Crippen molar-refractivity contribution < 1.29 is 9.53 Å². The van der Waals surface area contributed by atoms with E-state index < -0.39 is 0 Å². The molecule has 2 aromatic carbocycles. The summed E-state index contributed by atoms with van der Waals surface area (Å²) in [5.41, 5.74) is 2.44. The molecule has 0 heterocycles. The third-order valence-corrected chi connectivity index (χ3v) is 4.39. The molecule has 0 aromatic heterocycles. The third kappa shape index (κ3) is 2.68. The smallest absolute Gasteiger partial charge is 0.197 e. The van der Waals surface area contributed by atoms with Gasteiger partial charge in [0.15, 0.2) is 5.78 Å². The molecule has 0 bridgehead atoms. The van der Waals surface area contributed by atoms with Gasteiger partial charge in [0, 0.05) is 10.6 Å². The number of ether oxygens (including phenoxy) is 1. The number of ketones is 1. The molecule has 1 aliphatic rings. The fourth-order valence-electron chi connectivity index (χ4n) is 2.78. The third-order valence-electron chi connectivity index (χ3n) is 4.16. The minimum absolute atomic E-state index is 0.0168. The number of benzene rings is 2. The Bertz CT molecular complexity index is 675. The van der Waals surface area contributed by atoms with Crippen LogP contribution in [0.15, 0.2) is 42.5 Å². The number of hydrogen-bond donors (Lipinski definition) is 0. The van der Waals surface area contributed by atoms with Crippen LogP contribution in [0.3, 0.4) is 0 Å². The first-order valence-electron chi connectivity index (χ1n) is 7.18. The van der Waals surface area contributed by atoms with E-state index in [0.29, 0.717) is 22.3 Å². The van der Waals surface area contributed by atoms with Crippen molar-refractivity contribution in [2.24, 2.45) is 0 Å². The molecule has 0 N–H and O–H groups in total. The number of hydrogen-bond acceptors (Lipinski definition) is 2. The summed E-state index contributed by atoms with van der Waals surface area (Å²) in [6, 6.07) is 13.0. The Labute approximate surface area is 129 Å². The van der Waals surface area contributed by atoms with Gasteiger partial charge in [-0.25, -0.2) is 0 Å². The zero-order chi connectivity index (χ0) is 14.8. The zero-order valence-corrected chi connectivity index (χ0v) is 12.7. The Morgan fingerprint density at radius 1 is 1.14 bits per heavy atom. The molecule has 2 nitrogen and oxygen atoms in total. The molecule has 108 valence electrons. The normalized spacial score (nSPS) is 14.6. The molecule has 21 heavy (non-hydrogen) atoms. The molecule has 0 aliphatic heterocycles. The van der Waals surface area contributed by atoms with Crippen LogP contribution in [0.5, 0.6) is 5.75 Å². The van der Waals surface area contributed by atoms with Gasteiger partial charge in [-0.05, 0) is 42.5 Å². The Hall–Kier alpha value is -1.80. The van der Waals surface area contributed by atoms with Crippen molar-refractivity contribution in [3.8, 4) is 5.75 Å². The maximum absolute atomic E-state index is 12.9. The molecule has 0 unspecified atom stereocenters. The molecule has 1 saturated carbocycles. The molecule has 1 aliphatic carbocycles. The van der Waals surface area contributed by atoms with Crippen molar-refractivity contribution in [1.82, 2.24) is 0 Å². The van der Waals surface area contributed by atoms with Crippen LogP contribution in [0.2, 0.25) is 5.02 Å². The van der Waals surface area contributed by atoms with E-state index in [4.69, 9.17) is 16.3 Å². The van der Waals surface area contributed by atoms with Gasteiger partial charge in [-0.15, -0.1) is 0 Å². The average molecular weight is 301 g/mol. The molecule has 0 atom stereocenters. The highest BCUT2D eigenvalue weighted by Crippen LogP contribution is 2.39. The van der Waals surface area contributed by atoms with E-state index in [1.807, 2.05) is 18.2 Å².